The summed E-state index contributed by atoms with van der Waals surface area (Å²) >= 11 is 0. The van der Waals surface area contributed by atoms with Crippen LogP contribution in [0.5, 0.6) is 0 Å². The van der Waals surface area contributed by atoms with Crippen molar-refractivity contribution in [2.24, 2.45) is 0 Å². The van der Waals surface area contributed by atoms with Gasteiger partial charge in [0.25, 0.3) is 5.91 Å². The van der Waals surface area contributed by atoms with Gasteiger partial charge in [-0.25, -0.2) is 0 Å². The zero-order valence-corrected chi connectivity index (χ0v) is 10.9. The van der Waals surface area contributed by atoms with Crippen LogP contribution in [0.1, 0.15) is 23.2 Å². The summed E-state index contributed by atoms with van der Waals surface area (Å²) < 4.78 is 0. The van der Waals surface area contributed by atoms with Crippen LogP contribution in [0.15, 0.2) is 24.3 Å². The molecule has 2 aliphatic heterocycles. The van der Waals surface area contributed by atoms with E-state index in [-0.39, 0.29) is 11.6 Å². The van der Waals surface area contributed by atoms with E-state index in [4.69, 9.17) is 0 Å². The lowest BCUT2D eigenvalue weighted by atomic mass is 9.91. The second-order valence-corrected chi connectivity index (χ2v) is 5.37. The van der Waals surface area contributed by atoms with E-state index in [0.717, 1.165) is 37.2 Å². The van der Waals surface area contributed by atoms with Gasteiger partial charge in [-0.2, -0.15) is 0 Å². The highest BCUT2D eigenvalue weighted by Gasteiger charge is 2.43. The predicted molar refractivity (Wildman–Crippen MR) is 71.8 cm³/mol. The van der Waals surface area contributed by atoms with E-state index in [0.29, 0.717) is 0 Å². The van der Waals surface area contributed by atoms with Crippen LogP contribution < -0.4 is 10.2 Å². The summed E-state index contributed by atoms with van der Waals surface area (Å²) in [7, 11) is 4.22. The molecular formula is C14H19N3O. The number of fused-ring (bicyclic) bond motifs is 1. The molecule has 0 atom stereocenters. The Bertz CT molecular complexity index is 478. The van der Waals surface area contributed by atoms with Crippen LogP contribution in [-0.4, -0.2) is 43.7 Å². The van der Waals surface area contributed by atoms with Crippen LogP contribution in [0.25, 0.3) is 0 Å². The predicted octanol–water partition coefficient (Wildman–Crippen LogP) is 1.29. The highest BCUT2D eigenvalue weighted by Crippen LogP contribution is 2.35. The van der Waals surface area contributed by atoms with Crippen molar-refractivity contribution in [1.29, 1.82) is 0 Å². The molecule has 1 saturated heterocycles. The Balaban J connectivity index is 1.99. The molecule has 4 heteroatoms. The molecule has 1 N–H and O–H groups in total. The summed E-state index contributed by atoms with van der Waals surface area (Å²) in [6.07, 6.45) is 1.94. The number of nitrogens with one attached hydrogen (secondary N) is 1. The Morgan fingerprint density at radius 1 is 1.17 bits per heavy atom. The first-order chi connectivity index (χ1) is 8.62. The third kappa shape index (κ3) is 1.60. The summed E-state index contributed by atoms with van der Waals surface area (Å²) in [6.45, 7) is 2.04. The topological polar surface area (TPSA) is 35.6 Å². The second-order valence-electron chi connectivity index (χ2n) is 5.37. The third-order valence-corrected chi connectivity index (χ3v) is 4.31. The van der Waals surface area contributed by atoms with E-state index < -0.39 is 0 Å². The molecule has 3 rings (SSSR count). The molecule has 18 heavy (non-hydrogen) atoms. The average molecular weight is 245 g/mol. The monoisotopic (exact) mass is 245 g/mol. The number of likely N-dealkylation sites (tertiary alicyclic amines) is 1. The standard InChI is InChI=1S/C14H19N3O/c1-16-9-7-14(8-10-16)15-13(18)11-5-3-4-6-12(11)17(14)2/h3-6H,7-10H2,1-2H3,(H,15,18). The molecule has 0 saturated carbocycles. The Hall–Kier alpha value is -1.55. The van der Waals surface area contributed by atoms with E-state index in [1.54, 1.807) is 0 Å². The Morgan fingerprint density at radius 3 is 2.56 bits per heavy atom. The maximum atomic E-state index is 12.2. The highest BCUT2D eigenvalue weighted by atomic mass is 16.2. The maximum absolute atomic E-state index is 12.2. The minimum atomic E-state index is -0.196. The molecule has 0 unspecified atom stereocenters. The van der Waals surface area contributed by atoms with Gasteiger partial charge in [-0.1, -0.05) is 12.1 Å². The van der Waals surface area contributed by atoms with Crippen molar-refractivity contribution in [1.82, 2.24) is 10.2 Å². The first-order valence-electron chi connectivity index (χ1n) is 6.46. The first kappa shape index (κ1) is 11.5. The van der Waals surface area contributed by atoms with E-state index in [2.05, 4.69) is 29.2 Å². The minimum absolute atomic E-state index is 0.0632. The molecule has 2 aliphatic rings. The van der Waals surface area contributed by atoms with E-state index in [1.165, 1.54) is 0 Å². The number of nitrogens with zero attached hydrogens (tertiary/aromatic N) is 2. The van der Waals surface area contributed by atoms with Crippen LogP contribution in [0.3, 0.4) is 0 Å². The maximum Gasteiger partial charge on any atom is 0.255 e. The molecule has 96 valence electrons. The smallest absolute Gasteiger partial charge is 0.255 e. The summed E-state index contributed by atoms with van der Waals surface area (Å²) in [5.74, 6) is 0.0632. The lowest BCUT2D eigenvalue weighted by molar-refractivity contribution is 0.0806. The van der Waals surface area contributed by atoms with Gasteiger partial charge < -0.3 is 15.1 Å². The Kier molecular flexibility index (Phi) is 2.55. The Morgan fingerprint density at radius 2 is 1.83 bits per heavy atom. The van der Waals surface area contributed by atoms with Gasteiger partial charge in [-0.15, -0.1) is 0 Å². The van der Waals surface area contributed by atoms with Crippen molar-refractivity contribution < 1.29 is 4.79 Å². The van der Waals surface area contributed by atoms with Gasteiger partial charge in [0.05, 0.1) is 11.3 Å². The molecule has 2 heterocycles. The van der Waals surface area contributed by atoms with Gasteiger partial charge in [0.1, 0.15) is 5.66 Å². The van der Waals surface area contributed by atoms with E-state index in [1.807, 2.05) is 24.3 Å². The van der Waals surface area contributed by atoms with Crippen LogP contribution in [-0.2, 0) is 0 Å². The van der Waals surface area contributed by atoms with Crippen LogP contribution >= 0.6 is 0 Å². The fourth-order valence-electron chi connectivity index (χ4n) is 3.00. The molecular weight excluding hydrogens is 226 g/mol. The molecule has 0 bridgehead atoms. The van der Waals surface area contributed by atoms with E-state index in [9.17, 15) is 4.79 Å². The number of anilines is 1. The SMILES string of the molecule is CN1CCC2(CC1)NC(=O)c1ccccc1N2C. The number of carbonyl (C=O) groups excluding carboxylic acids is 1. The zero-order chi connectivity index (χ0) is 12.8. The Labute approximate surface area is 108 Å². The first-order valence-corrected chi connectivity index (χ1v) is 6.46. The van der Waals surface area contributed by atoms with Crippen molar-refractivity contribution in [3.05, 3.63) is 29.8 Å². The fraction of sp³-hybridized carbons (Fsp3) is 0.500. The molecule has 0 radical (unpaired) electrons. The van der Waals surface area contributed by atoms with Crippen LogP contribution in [0, 0.1) is 0 Å². The summed E-state index contributed by atoms with van der Waals surface area (Å²) in [6, 6.07) is 7.84. The highest BCUT2D eigenvalue weighted by molar-refractivity contribution is 6.02. The quantitative estimate of drug-likeness (QED) is 0.748. The van der Waals surface area contributed by atoms with Crippen molar-refractivity contribution in [2.75, 3.05) is 32.1 Å². The van der Waals surface area contributed by atoms with Gasteiger partial charge in [-0.05, 0) is 19.2 Å². The molecule has 1 fully saturated rings. The molecule has 1 aromatic rings. The number of carbonyl (C=O) groups is 1. The van der Waals surface area contributed by atoms with Gasteiger partial charge in [0, 0.05) is 33.0 Å². The summed E-state index contributed by atoms with van der Waals surface area (Å²) in [4.78, 5) is 16.8. The van der Waals surface area contributed by atoms with Gasteiger partial charge in [0.2, 0.25) is 0 Å². The normalized spacial score (nSPS) is 22.8. The van der Waals surface area contributed by atoms with Crippen molar-refractivity contribution in [3.63, 3.8) is 0 Å². The number of piperidine rings is 1. The van der Waals surface area contributed by atoms with Gasteiger partial charge in [-0.3, -0.25) is 4.79 Å². The fourth-order valence-corrected chi connectivity index (χ4v) is 3.00. The number of para-hydroxylation sites is 1. The minimum Gasteiger partial charge on any atom is -0.351 e. The summed E-state index contributed by atoms with van der Waals surface area (Å²) in [5.41, 5.74) is 1.63. The number of hydrogen-bond donors (Lipinski definition) is 1. The van der Waals surface area contributed by atoms with Crippen LogP contribution in [0.4, 0.5) is 5.69 Å². The van der Waals surface area contributed by atoms with Gasteiger partial charge in [0.15, 0.2) is 0 Å². The number of amides is 1. The van der Waals surface area contributed by atoms with E-state index >= 15 is 0 Å². The molecule has 0 aliphatic carbocycles. The molecule has 0 aromatic heterocycles. The number of hydrogen-bond acceptors (Lipinski definition) is 3. The second kappa shape index (κ2) is 3.99. The lowest BCUT2D eigenvalue weighted by Gasteiger charge is -2.51. The number of rotatable bonds is 0. The lowest BCUT2D eigenvalue weighted by Crippen LogP contribution is -2.66. The molecule has 1 amide bonds. The summed E-state index contributed by atoms with van der Waals surface area (Å²) in [5, 5.41) is 3.22. The molecule has 1 aromatic carbocycles. The van der Waals surface area contributed by atoms with Crippen molar-refractivity contribution in [2.45, 2.75) is 18.5 Å². The zero-order valence-electron chi connectivity index (χ0n) is 10.9. The number of benzene rings is 1. The van der Waals surface area contributed by atoms with Crippen LogP contribution in [0.2, 0.25) is 0 Å². The van der Waals surface area contributed by atoms with Crippen molar-refractivity contribution in [3.8, 4) is 0 Å². The van der Waals surface area contributed by atoms with Gasteiger partial charge >= 0.3 is 0 Å². The molecule has 4 nitrogen and oxygen atoms in total. The van der Waals surface area contributed by atoms with Crippen molar-refractivity contribution >= 4 is 11.6 Å². The molecule has 1 spiro atoms. The average Bonchev–Trinajstić information content (AvgIpc) is 2.40. The largest absolute Gasteiger partial charge is 0.351 e. The third-order valence-electron chi connectivity index (χ3n) is 4.31.